The fraction of sp³-hybridized carbons (Fsp3) is 0.318. The second-order valence-corrected chi connectivity index (χ2v) is 7.91. The molecule has 2 aromatic carbocycles. The average molecular weight is 458 g/mol. The largest absolute Gasteiger partial charge is 0.474 e. The summed E-state index contributed by atoms with van der Waals surface area (Å²) in [5, 5.41) is 7.81. The number of nitrogens with zero attached hydrogens (tertiary/aromatic N) is 1. The Balaban J connectivity index is 1.95. The molecule has 7 heteroatoms. The Labute approximate surface area is 178 Å². The van der Waals surface area contributed by atoms with Crippen LogP contribution in [0.4, 0.5) is 5.69 Å². The van der Waals surface area contributed by atoms with E-state index in [0.29, 0.717) is 31.0 Å². The van der Waals surface area contributed by atoms with E-state index in [1.807, 2.05) is 62.0 Å². The van der Waals surface area contributed by atoms with E-state index in [0.717, 1.165) is 32.2 Å². The Hall–Kier alpha value is -2.51. The number of hydrogen-bond acceptors (Lipinski definition) is 5. The van der Waals surface area contributed by atoms with E-state index in [2.05, 4.69) is 26.6 Å². The third-order valence-electron chi connectivity index (χ3n) is 5.11. The molecule has 1 unspecified atom stereocenters. The minimum absolute atomic E-state index is 0.189. The second kappa shape index (κ2) is 8.08. The lowest BCUT2D eigenvalue weighted by Gasteiger charge is -2.29. The highest BCUT2D eigenvalue weighted by Gasteiger charge is 2.31. The number of nitrogens with one attached hydrogen (secondary N) is 2. The average Bonchev–Trinajstić information content (AvgIpc) is 3.01. The number of ether oxygens (including phenoxy) is 2. The molecule has 1 aliphatic heterocycles. The van der Waals surface area contributed by atoms with Crippen LogP contribution in [0.5, 0.6) is 5.75 Å². The number of aryl methyl sites for hydroxylation is 1. The van der Waals surface area contributed by atoms with Gasteiger partial charge in [-0.3, -0.25) is 5.32 Å². The fourth-order valence-corrected chi connectivity index (χ4v) is 4.59. The number of fused-ring (bicyclic) bond motifs is 3. The molecule has 1 aliphatic rings. The molecule has 1 atom stereocenters. The van der Waals surface area contributed by atoms with E-state index >= 15 is 0 Å². The van der Waals surface area contributed by atoms with Gasteiger partial charge >= 0.3 is 5.97 Å². The fourth-order valence-electron chi connectivity index (χ4n) is 3.86. The molecular weight excluding hydrogens is 434 g/mol. The van der Waals surface area contributed by atoms with Crippen LogP contribution in [0.3, 0.4) is 0 Å². The number of esters is 1. The van der Waals surface area contributed by atoms with Crippen molar-refractivity contribution in [3.63, 3.8) is 0 Å². The normalized spacial score (nSPS) is 15.7. The molecule has 1 aromatic heterocycles. The molecule has 0 bridgehead atoms. The van der Waals surface area contributed by atoms with Crippen molar-refractivity contribution < 1.29 is 14.3 Å². The molecule has 0 saturated carbocycles. The molecule has 0 saturated heterocycles. The molecular formula is C22H24BrN3O3. The Bertz CT molecular complexity index is 1060. The van der Waals surface area contributed by atoms with Gasteiger partial charge in [0, 0.05) is 53.0 Å². The van der Waals surface area contributed by atoms with Crippen LogP contribution < -0.4 is 15.4 Å². The van der Waals surface area contributed by atoms with Crippen molar-refractivity contribution in [1.82, 2.24) is 9.88 Å². The first-order chi connectivity index (χ1) is 14.0. The number of carbonyl (C=O) groups excluding carboxylic acids is 1. The van der Waals surface area contributed by atoms with Crippen molar-refractivity contribution in [3.05, 3.63) is 57.7 Å². The third kappa shape index (κ3) is 3.60. The van der Waals surface area contributed by atoms with Crippen LogP contribution in [0.1, 0.15) is 35.3 Å². The van der Waals surface area contributed by atoms with E-state index in [1.165, 1.54) is 0 Å². The van der Waals surface area contributed by atoms with E-state index in [4.69, 9.17) is 9.47 Å². The van der Waals surface area contributed by atoms with Gasteiger partial charge in [0.1, 0.15) is 17.5 Å². The summed E-state index contributed by atoms with van der Waals surface area (Å²) in [5.74, 6) is 0.251. The highest BCUT2D eigenvalue weighted by atomic mass is 79.9. The van der Waals surface area contributed by atoms with Gasteiger partial charge in [0.2, 0.25) is 0 Å². The number of hydrogen-bond donors (Lipinski definition) is 2. The monoisotopic (exact) mass is 457 g/mol. The zero-order valence-electron chi connectivity index (χ0n) is 16.7. The Morgan fingerprint density at radius 2 is 2.14 bits per heavy atom. The zero-order chi connectivity index (χ0) is 20.5. The van der Waals surface area contributed by atoms with Gasteiger partial charge in [-0.25, -0.2) is 4.79 Å². The third-order valence-corrected chi connectivity index (χ3v) is 5.71. The molecule has 29 heavy (non-hydrogen) atoms. The molecule has 0 amide bonds. The molecule has 0 fully saturated rings. The highest BCUT2D eigenvalue weighted by Crippen LogP contribution is 2.42. The Morgan fingerprint density at radius 3 is 2.86 bits per heavy atom. The van der Waals surface area contributed by atoms with Crippen molar-refractivity contribution in [2.75, 3.05) is 11.9 Å². The summed E-state index contributed by atoms with van der Waals surface area (Å²) < 4.78 is 14.6. The maximum atomic E-state index is 13.0. The van der Waals surface area contributed by atoms with E-state index in [1.54, 1.807) is 0 Å². The van der Waals surface area contributed by atoms with Gasteiger partial charge in [0.05, 0.1) is 12.1 Å². The van der Waals surface area contributed by atoms with Gasteiger partial charge < -0.3 is 19.4 Å². The summed E-state index contributed by atoms with van der Waals surface area (Å²) in [5.41, 5.74) is 4.31. The lowest BCUT2D eigenvalue weighted by atomic mass is 9.96. The number of benzene rings is 2. The van der Waals surface area contributed by atoms with Crippen LogP contribution in [0.2, 0.25) is 0 Å². The van der Waals surface area contributed by atoms with Crippen molar-refractivity contribution in [1.29, 1.82) is 0 Å². The van der Waals surface area contributed by atoms with E-state index < -0.39 is 0 Å². The lowest BCUT2D eigenvalue weighted by molar-refractivity contribution is 0.0514. The van der Waals surface area contributed by atoms with Crippen LogP contribution in [0, 0.1) is 0 Å². The van der Waals surface area contributed by atoms with Crippen LogP contribution in [-0.4, -0.2) is 23.4 Å². The van der Waals surface area contributed by atoms with Crippen LogP contribution in [-0.2, 0) is 24.9 Å². The smallest absolute Gasteiger partial charge is 0.342 e. The Kier molecular flexibility index (Phi) is 5.52. The first kappa shape index (κ1) is 19.8. The van der Waals surface area contributed by atoms with Crippen molar-refractivity contribution in [3.8, 4) is 5.75 Å². The van der Waals surface area contributed by atoms with Crippen molar-refractivity contribution in [2.45, 2.75) is 33.2 Å². The maximum Gasteiger partial charge on any atom is 0.342 e. The predicted octanol–water partition coefficient (Wildman–Crippen LogP) is 4.56. The van der Waals surface area contributed by atoms with Gasteiger partial charge in [-0.1, -0.05) is 18.2 Å². The molecule has 2 N–H and O–H groups in total. The number of anilines is 1. The van der Waals surface area contributed by atoms with Gasteiger partial charge in [-0.05, 0) is 41.9 Å². The van der Waals surface area contributed by atoms with E-state index in [9.17, 15) is 4.79 Å². The highest BCUT2D eigenvalue weighted by molar-refractivity contribution is 9.10. The van der Waals surface area contributed by atoms with Gasteiger partial charge in [0.25, 0.3) is 0 Å². The quantitative estimate of drug-likeness (QED) is 0.549. The predicted molar refractivity (Wildman–Crippen MR) is 117 cm³/mol. The first-order valence-electron chi connectivity index (χ1n) is 9.69. The standard InChI is InChI=1S/C22H24BrN3O3/c1-4-28-22(27)19-15(10-25-14-8-6-5-7-9-14)20-18(17(23)12-26(20)3)16-11-24-13(2)29-21(16)19/h5-9,12-13,24-25H,4,10-11H2,1-3H3. The number of halogens is 1. The Morgan fingerprint density at radius 1 is 1.38 bits per heavy atom. The summed E-state index contributed by atoms with van der Waals surface area (Å²) in [6.07, 6.45) is 1.83. The second-order valence-electron chi connectivity index (χ2n) is 7.05. The molecule has 4 rings (SSSR count). The zero-order valence-corrected chi connectivity index (χ0v) is 18.3. The van der Waals surface area contributed by atoms with Crippen molar-refractivity contribution in [2.24, 2.45) is 7.05 Å². The number of rotatable bonds is 5. The van der Waals surface area contributed by atoms with Gasteiger partial charge in [-0.15, -0.1) is 0 Å². The summed E-state index contributed by atoms with van der Waals surface area (Å²) in [6.45, 7) is 5.15. The molecule has 0 aliphatic carbocycles. The van der Waals surface area contributed by atoms with E-state index in [-0.39, 0.29) is 12.2 Å². The van der Waals surface area contributed by atoms with Crippen molar-refractivity contribution >= 4 is 38.5 Å². The summed E-state index contributed by atoms with van der Waals surface area (Å²) in [7, 11) is 1.99. The number of carbonyl (C=O) groups is 1. The molecule has 0 spiro atoms. The molecule has 152 valence electrons. The topological polar surface area (TPSA) is 64.5 Å². The van der Waals surface area contributed by atoms with Crippen LogP contribution in [0.25, 0.3) is 10.9 Å². The number of para-hydroxylation sites is 1. The molecule has 3 aromatic rings. The maximum absolute atomic E-state index is 13.0. The minimum atomic E-state index is -0.359. The lowest BCUT2D eigenvalue weighted by Crippen LogP contribution is -2.36. The number of aromatic nitrogens is 1. The van der Waals surface area contributed by atoms with Crippen LogP contribution in [0.15, 0.2) is 41.0 Å². The summed E-state index contributed by atoms with van der Waals surface area (Å²) in [6, 6.07) is 9.94. The van der Waals surface area contributed by atoms with Gasteiger partial charge in [-0.2, -0.15) is 0 Å². The molecule has 2 heterocycles. The summed E-state index contributed by atoms with van der Waals surface area (Å²) in [4.78, 5) is 13.0. The molecule has 0 radical (unpaired) electrons. The first-order valence-corrected chi connectivity index (χ1v) is 10.5. The summed E-state index contributed by atoms with van der Waals surface area (Å²) >= 11 is 3.69. The SMILES string of the molecule is CCOC(=O)c1c2c(c3c(Br)cn(C)c3c1CNc1ccccc1)CNC(C)O2. The van der Waals surface area contributed by atoms with Crippen LogP contribution >= 0.6 is 15.9 Å². The minimum Gasteiger partial charge on any atom is -0.474 e. The molecule has 6 nitrogen and oxygen atoms in total. The van der Waals surface area contributed by atoms with Gasteiger partial charge in [0.15, 0.2) is 0 Å².